The summed E-state index contributed by atoms with van der Waals surface area (Å²) in [5, 5.41) is 6.51. The molecule has 0 aliphatic carbocycles. The second-order valence-corrected chi connectivity index (χ2v) is 4.72. The molecule has 0 radical (unpaired) electrons. The molecule has 0 atom stereocenters. The molecule has 104 valence electrons. The van der Waals surface area contributed by atoms with Gasteiger partial charge in [-0.25, -0.2) is 13.1 Å². The van der Waals surface area contributed by atoms with Gasteiger partial charge >= 0.3 is 0 Å². The molecule has 9 heteroatoms. The van der Waals surface area contributed by atoms with Crippen molar-refractivity contribution in [2.45, 2.75) is 6.54 Å². The molecule has 8 nitrogen and oxygen atoms in total. The van der Waals surface area contributed by atoms with Gasteiger partial charge in [-0.15, -0.1) is 6.58 Å². The molecule has 0 bridgehead atoms. The van der Waals surface area contributed by atoms with Gasteiger partial charge < -0.3 is 9.87 Å². The Morgan fingerprint density at radius 3 is 2.84 bits per heavy atom. The quantitative estimate of drug-likeness (QED) is 0.353. The fraction of sp³-hybridized carbons (Fsp3) is 0.300. The van der Waals surface area contributed by atoms with E-state index in [0.29, 0.717) is 12.1 Å². The minimum absolute atomic E-state index is 0.0640. The smallest absolute Gasteiger partial charge is 0.253 e. The monoisotopic (exact) mass is 286 g/mol. The lowest BCUT2D eigenvalue weighted by Crippen LogP contribution is -2.43. The van der Waals surface area contributed by atoms with Crippen LogP contribution in [0.3, 0.4) is 0 Å². The predicted octanol–water partition coefficient (Wildman–Crippen LogP) is -1.67. The highest BCUT2D eigenvalue weighted by atomic mass is 32.2. The normalized spacial score (nSPS) is 11.0. The van der Waals surface area contributed by atoms with Crippen LogP contribution in [0, 0.1) is 0 Å². The van der Waals surface area contributed by atoms with Crippen molar-refractivity contribution in [3.63, 3.8) is 0 Å². The predicted molar refractivity (Wildman–Crippen MR) is 64.7 cm³/mol. The molecule has 0 aliphatic heterocycles. The Morgan fingerprint density at radius 1 is 1.58 bits per heavy atom. The van der Waals surface area contributed by atoms with E-state index in [9.17, 15) is 17.8 Å². The van der Waals surface area contributed by atoms with E-state index in [4.69, 9.17) is 0 Å². The van der Waals surface area contributed by atoms with Crippen molar-refractivity contribution in [3.8, 4) is 0 Å². The fourth-order valence-electron chi connectivity index (χ4n) is 1.20. The summed E-state index contributed by atoms with van der Waals surface area (Å²) in [6, 6.07) is 1.54. The highest BCUT2D eigenvalue weighted by Crippen LogP contribution is 1.92. The molecule has 0 saturated carbocycles. The minimum atomic E-state index is -4.44. The lowest BCUT2D eigenvalue weighted by molar-refractivity contribution is -0.752. The van der Waals surface area contributed by atoms with Crippen LogP contribution in [0.15, 0.2) is 31.1 Å². The SMILES string of the molecule is C=CCNC(=O)c1cc[n+](CCNS(=O)(=O)[O-])nc1. The third kappa shape index (κ3) is 6.04. The zero-order chi connectivity index (χ0) is 14.3. The first-order chi connectivity index (χ1) is 8.92. The summed E-state index contributed by atoms with van der Waals surface area (Å²) in [6.07, 6.45) is 4.43. The molecule has 0 aliphatic rings. The van der Waals surface area contributed by atoms with E-state index < -0.39 is 10.3 Å². The van der Waals surface area contributed by atoms with Gasteiger partial charge in [-0.05, 0) is 5.10 Å². The Hall–Kier alpha value is -1.84. The number of rotatable bonds is 7. The van der Waals surface area contributed by atoms with E-state index in [2.05, 4.69) is 17.0 Å². The number of amides is 1. The Morgan fingerprint density at radius 2 is 2.32 bits per heavy atom. The van der Waals surface area contributed by atoms with Crippen LogP contribution in [0.4, 0.5) is 0 Å². The standard InChI is InChI=1S/C10H14N4O4S/c1-2-4-11-10(15)9-3-6-14(12-8-9)7-5-13-19(16,17)18/h2-3,6,8,13H,1,4-5,7H2,(H-,11,15,16,17,18). The van der Waals surface area contributed by atoms with Crippen molar-refractivity contribution in [2.75, 3.05) is 13.1 Å². The number of carbonyl (C=O) groups is 1. The van der Waals surface area contributed by atoms with Gasteiger partial charge in [0.15, 0.2) is 23.0 Å². The molecule has 2 N–H and O–H groups in total. The summed E-state index contributed by atoms with van der Waals surface area (Å²) < 4.78 is 34.1. The van der Waals surface area contributed by atoms with E-state index in [1.807, 2.05) is 0 Å². The van der Waals surface area contributed by atoms with Gasteiger partial charge in [0.05, 0.1) is 12.1 Å². The van der Waals surface area contributed by atoms with Crippen LogP contribution in [0.2, 0.25) is 0 Å². The van der Waals surface area contributed by atoms with Crippen LogP contribution in [-0.4, -0.2) is 37.1 Å². The molecular weight excluding hydrogens is 272 g/mol. The molecule has 0 unspecified atom stereocenters. The molecule has 1 amide bonds. The maximum atomic E-state index is 11.5. The first-order valence-corrected chi connectivity index (χ1v) is 6.78. The maximum absolute atomic E-state index is 11.5. The Bertz CT molecular complexity index is 541. The zero-order valence-corrected chi connectivity index (χ0v) is 10.9. The number of carbonyl (C=O) groups excluding carboxylic acids is 1. The van der Waals surface area contributed by atoms with Gasteiger partial charge in [-0.1, -0.05) is 10.8 Å². The van der Waals surface area contributed by atoms with E-state index in [1.54, 1.807) is 10.8 Å². The molecule has 0 fully saturated rings. The second-order valence-electron chi connectivity index (χ2n) is 3.53. The van der Waals surface area contributed by atoms with Crippen LogP contribution in [-0.2, 0) is 16.8 Å². The Kier molecular flexibility index (Phi) is 5.55. The van der Waals surface area contributed by atoms with Crippen molar-refractivity contribution < 1.29 is 22.4 Å². The van der Waals surface area contributed by atoms with Crippen LogP contribution in [0.5, 0.6) is 0 Å². The van der Waals surface area contributed by atoms with Gasteiger partial charge in [0.25, 0.3) is 5.91 Å². The lowest BCUT2D eigenvalue weighted by atomic mass is 10.3. The van der Waals surface area contributed by atoms with Crippen LogP contribution in [0.25, 0.3) is 0 Å². The molecule has 0 saturated heterocycles. The van der Waals surface area contributed by atoms with Gasteiger partial charge in [0, 0.05) is 12.6 Å². The molecular formula is C10H14N4O4S. The molecule has 0 aromatic carbocycles. The van der Waals surface area contributed by atoms with E-state index >= 15 is 0 Å². The van der Waals surface area contributed by atoms with E-state index in [0.717, 1.165) is 0 Å². The minimum Gasteiger partial charge on any atom is -0.735 e. The summed E-state index contributed by atoms with van der Waals surface area (Å²) in [7, 11) is -4.44. The largest absolute Gasteiger partial charge is 0.735 e. The van der Waals surface area contributed by atoms with E-state index in [1.165, 1.54) is 23.1 Å². The fourth-order valence-corrected chi connectivity index (χ4v) is 1.54. The van der Waals surface area contributed by atoms with Gasteiger partial charge in [-0.3, -0.25) is 4.79 Å². The number of hydrogen-bond donors (Lipinski definition) is 2. The summed E-state index contributed by atoms with van der Waals surface area (Å²) >= 11 is 0. The van der Waals surface area contributed by atoms with Crippen LogP contribution in [0.1, 0.15) is 10.4 Å². The first kappa shape index (κ1) is 15.2. The number of nitrogens with one attached hydrogen (secondary N) is 2. The van der Waals surface area contributed by atoms with Gasteiger partial charge in [0.1, 0.15) is 6.20 Å². The van der Waals surface area contributed by atoms with Crippen molar-refractivity contribution in [1.82, 2.24) is 15.1 Å². The molecule has 1 aromatic heterocycles. The lowest BCUT2D eigenvalue weighted by Gasteiger charge is -2.05. The Labute approximate surface area is 111 Å². The van der Waals surface area contributed by atoms with Crippen molar-refractivity contribution in [2.24, 2.45) is 0 Å². The topological polar surface area (TPSA) is 115 Å². The molecule has 1 rings (SSSR count). The van der Waals surface area contributed by atoms with Crippen LogP contribution >= 0.6 is 0 Å². The molecule has 1 heterocycles. The van der Waals surface area contributed by atoms with Crippen molar-refractivity contribution in [3.05, 3.63) is 36.7 Å². The summed E-state index contributed by atoms with van der Waals surface area (Å²) in [5.41, 5.74) is 0.377. The van der Waals surface area contributed by atoms with Gasteiger partial charge in [0.2, 0.25) is 0 Å². The highest BCUT2D eigenvalue weighted by molar-refractivity contribution is 7.83. The molecule has 1 aromatic rings. The summed E-state index contributed by atoms with van der Waals surface area (Å²) in [5.74, 6) is -0.278. The Balaban J connectivity index is 2.52. The molecule has 19 heavy (non-hydrogen) atoms. The maximum Gasteiger partial charge on any atom is 0.253 e. The zero-order valence-electron chi connectivity index (χ0n) is 10.1. The highest BCUT2D eigenvalue weighted by Gasteiger charge is 2.08. The van der Waals surface area contributed by atoms with Crippen LogP contribution < -0.4 is 14.7 Å². The van der Waals surface area contributed by atoms with E-state index in [-0.39, 0.29) is 19.0 Å². The third-order valence-corrected chi connectivity index (χ3v) is 2.62. The first-order valence-electron chi connectivity index (χ1n) is 5.38. The number of nitrogens with zero attached hydrogens (tertiary/aromatic N) is 2. The average molecular weight is 286 g/mol. The summed E-state index contributed by atoms with van der Waals surface area (Å²) in [4.78, 5) is 11.5. The van der Waals surface area contributed by atoms with Gasteiger partial charge in [-0.2, -0.15) is 0 Å². The third-order valence-electron chi connectivity index (χ3n) is 2.06. The second kappa shape index (κ2) is 6.92. The number of aromatic nitrogens is 2. The molecule has 0 spiro atoms. The summed E-state index contributed by atoms with van der Waals surface area (Å²) in [6.45, 7) is 3.96. The average Bonchev–Trinajstić information content (AvgIpc) is 2.35. The van der Waals surface area contributed by atoms with Crippen molar-refractivity contribution >= 4 is 16.2 Å². The van der Waals surface area contributed by atoms with Crippen molar-refractivity contribution in [1.29, 1.82) is 0 Å². The number of hydrogen-bond acceptors (Lipinski definition) is 5.